The molecular formula is C12H7Cl2FO. The Morgan fingerprint density at radius 2 is 1.75 bits per heavy atom. The van der Waals surface area contributed by atoms with E-state index >= 15 is 0 Å². The minimum absolute atomic E-state index is 0.381. The maximum Gasteiger partial charge on any atom is 0.165 e. The van der Waals surface area contributed by atoms with Crippen LogP contribution in [-0.2, 0) is 0 Å². The van der Waals surface area contributed by atoms with Gasteiger partial charge in [-0.2, -0.15) is 0 Å². The molecule has 2 aromatic carbocycles. The molecule has 2 aromatic rings. The van der Waals surface area contributed by atoms with E-state index in [0.717, 1.165) is 0 Å². The molecule has 0 bridgehead atoms. The number of hydrogen-bond donors (Lipinski definition) is 1. The number of phenolic OH excluding ortho intramolecular Hbond substituents is 1. The Morgan fingerprint density at radius 3 is 2.38 bits per heavy atom. The Labute approximate surface area is 102 Å². The lowest BCUT2D eigenvalue weighted by atomic mass is 10.1. The van der Waals surface area contributed by atoms with Crippen molar-refractivity contribution in [2.45, 2.75) is 0 Å². The van der Waals surface area contributed by atoms with Gasteiger partial charge in [-0.25, -0.2) is 4.39 Å². The summed E-state index contributed by atoms with van der Waals surface area (Å²) in [7, 11) is 0. The van der Waals surface area contributed by atoms with Crippen LogP contribution in [0.3, 0.4) is 0 Å². The van der Waals surface area contributed by atoms with Gasteiger partial charge in [0.05, 0.1) is 0 Å². The average Bonchev–Trinajstić information content (AvgIpc) is 2.22. The van der Waals surface area contributed by atoms with Gasteiger partial charge in [-0.3, -0.25) is 0 Å². The van der Waals surface area contributed by atoms with Crippen molar-refractivity contribution >= 4 is 23.2 Å². The summed E-state index contributed by atoms with van der Waals surface area (Å²) in [6.07, 6.45) is 0. The third kappa shape index (κ3) is 2.13. The number of benzene rings is 2. The first kappa shape index (κ1) is 11.2. The Balaban J connectivity index is 2.54. The minimum Gasteiger partial charge on any atom is -0.505 e. The standard InChI is InChI=1S/C12H7Cl2FO/c13-8-2-3-9(10(14)6-8)7-1-4-12(16)11(15)5-7/h1-6,16H. The van der Waals surface area contributed by atoms with Crippen molar-refractivity contribution in [1.29, 1.82) is 0 Å². The topological polar surface area (TPSA) is 20.2 Å². The lowest BCUT2D eigenvalue weighted by Gasteiger charge is -2.05. The van der Waals surface area contributed by atoms with Gasteiger partial charge in [0.25, 0.3) is 0 Å². The molecular weight excluding hydrogens is 250 g/mol. The second-order valence-corrected chi connectivity index (χ2v) is 4.13. The van der Waals surface area contributed by atoms with Gasteiger partial charge >= 0.3 is 0 Å². The largest absolute Gasteiger partial charge is 0.505 e. The second kappa shape index (κ2) is 4.32. The molecule has 0 fully saturated rings. The molecule has 0 atom stereocenters. The highest BCUT2D eigenvalue weighted by atomic mass is 35.5. The molecule has 4 heteroatoms. The lowest BCUT2D eigenvalue weighted by molar-refractivity contribution is 0.432. The summed E-state index contributed by atoms with van der Waals surface area (Å²) in [6, 6.07) is 9.07. The van der Waals surface area contributed by atoms with Crippen molar-refractivity contribution in [1.82, 2.24) is 0 Å². The zero-order valence-electron chi connectivity index (χ0n) is 8.05. The van der Waals surface area contributed by atoms with Gasteiger partial charge in [-0.1, -0.05) is 35.3 Å². The summed E-state index contributed by atoms with van der Waals surface area (Å²) in [5.74, 6) is -1.06. The minimum atomic E-state index is -0.677. The van der Waals surface area contributed by atoms with E-state index in [1.165, 1.54) is 12.1 Å². The van der Waals surface area contributed by atoms with Crippen LogP contribution in [0.5, 0.6) is 5.75 Å². The van der Waals surface area contributed by atoms with Crippen LogP contribution < -0.4 is 0 Å². The first-order chi connectivity index (χ1) is 7.58. The first-order valence-corrected chi connectivity index (χ1v) is 5.27. The Morgan fingerprint density at radius 1 is 1.00 bits per heavy atom. The van der Waals surface area contributed by atoms with Crippen LogP contribution >= 0.6 is 23.2 Å². The Kier molecular flexibility index (Phi) is 3.03. The van der Waals surface area contributed by atoms with E-state index in [2.05, 4.69) is 0 Å². The summed E-state index contributed by atoms with van der Waals surface area (Å²) >= 11 is 11.7. The predicted molar refractivity (Wildman–Crippen MR) is 63.5 cm³/mol. The number of aromatic hydroxyl groups is 1. The summed E-state index contributed by atoms with van der Waals surface area (Å²) in [5.41, 5.74) is 1.27. The van der Waals surface area contributed by atoms with Gasteiger partial charge in [0.2, 0.25) is 0 Å². The molecule has 0 saturated carbocycles. The van der Waals surface area contributed by atoms with Gasteiger partial charge in [-0.05, 0) is 29.8 Å². The van der Waals surface area contributed by atoms with Gasteiger partial charge in [0.1, 0.15) is 0 Å². The molecule has 2 rings (SSSR count). The van der Waals surface area contributed by atoms with Crippen molar-refractivity contribution in [2.24, 2.45) is 0 Å². The second-order valence-electron chi connectivity index (χ2n) is 3.29. The average molecular weight is 257 g/mol. The molecule has 0 saturated heterocycles. The molecule has 16 heavy (non-hydrogen) atoms. The third-order valence-corrected chi connectivity index (χ3v) is 2.74. The normalized spacial score (nSPS) is 10.4. The highest BCUT2D eigenvalue weighted by Gasteiger charge is 2.07. The summed E-state index contributed by atoms with van der Waals surface area (Å²) in [5, 5.41) is 10.0. The van der Waals surface area contributed by atoms with Gasteiger partial charge in [-0.15, -0.1) is 0 Å². The maximum absolute atomic E-state index is 13.2. The van der Waals surface area contributed by atoms with E-state index in [0.29, 0.717) is 21.2 Å². The molecule has 1 nitrogen and oxygen atoms in total. The summed E-state index contributed by atoms with van der Waals surface area (Å²) in [4.78, 5) is 0. The number of rotatable bonds is 1. The SMILES string of the molecule is Oc1ccc(-c2ccc(Cl)cc2Cl)cc1F. The van der Waals surface area contributed by atoms with E-state index in [1.807, 2.05) is 0 Å². The van der Waals surface area contributed by atoms with Crippen molar-refractivity contribution in [2.75, 3.05) is 0 Å². The summed E-state index contributed by atoms with van der Waals surface area (Å²) < 4.78 is 13.2. The van der Waals surface area contributed by atoms with Gasteiger partial charge in [0, 0.05) is 15.6 Å². The zero-order chi connectivity index (χ0) is 11.7. The van der Waals surface area contributed by atoms with Gasteiger partial charge in [0.15, 0.2) is 11.6 Å². The van der Waals surface area contributed by atoms with E-state index in [9.17, 15) is 4.39 Å². The maximum atomic E-state index is 13.2. The Hall–Kier alpha value is -1.25. The van der Waals surface area contributed by atoms with Crippen LogP contribution in [0.4, 0.5) is 4.39 Å². The monoisotopic (exact) mass is 256 g/mol. The van der Waals surface area contributed by atoms with Crippen LogP contribution in [-0.4, -0.2) is 5.11 Å². The van der Waals surface area contributed by atoms with Crippen LogP contribution in [0.25, 0.3) is 11.1 Å². The molecule has 82 valence electrons. The van der Waals surface area contributed by atoms with Gasteiger partial charge < -0.3 is 5.11 Å². The molecule has 0 spiro atoms. The number of hydrogen-bond acceptors (Lipinski definition) is 1. The third-order valence-electron chi connectivity index (χ3n) is 2.19. The fraction of sp³-hybridized carbons (Fsp3) is 0. The van der Waals surface area contributed by atoms with Crippen LogP contribution in [0, 0.1) is 5.82 Å². The van der Waals surface area contributed by atoms with Crippen LogP contribution in [0.2, 0.25) is 10.0 Å². The first-order valence-electron chi connectivity index (χ1n) is 4.52. The summed E-state index contributed by atoms with van der Waals surface area (Å²) in [6.45, 7) is 0. The van der Waals surface area contributed by atoms with E-state index in [4.69, 9.17) is 28.3 Å². The molecule has 0 unspecified atom stereocenters. The van der Waals surface area contributed by atoms with E-state index < -0.39 is 5.82 Å². The smallest absolute Gasteiger partial charge is 0.165 e. The van der Waals surface area contributed by atoms with Crippen molar-refractivity contribution in [3.8, 4) is 16.9 Å². The molecule has 0 aliphatic heterocycles. The van der Waals surface area contributed by atoms with Crippen molar-refractivity contribution in [3.63, 3.8) is 0 Å². The van der Waals surface area contributed by atoms with Crippen molar-refractivity contribution < 1.29 is 9.50 Å². The van der Waals surface area contributed by atoms with E-state index in [1.54, 1.807) is 24.3 Å². The van der Waals surface area contributed by atoms with E-state index in [-0.39, 0.29) is 5.75 Å². The molecule has 0 aliphatic carbocycles. The molecule has 1 N–H and O–H groups in total. The molecule has 0 aromatic heterocycles. The number of phenols is 1. The molecule has 0 heterocycles. The molecule has 0 aliphatic rings. The van der Waals surface area contributed by atoms with Crippen LogP contribution in [0.15, 0.2) is 36.4 Å². The lowest BCUT2D eigenvalue weighted by Crippen LogP contribution is -1.82. The highest BCUT2D eigenvalue weighted by molar-refractivity contribution is 6.36. The molecule has 0 radical (unpaired) electrons. The van der Waals surface area contributed by atoms with Crippen LogP contribution in [0.1, 0.15) is 0 Å². The fourth-order valence-electron chi connectivity index (χ4n) is 1.40. The fourth-order valence-corrected chi connectivity index (χ4v) is 1.92. The Bertz CT molecular complexity index is 541. The number of halogens is 3. The zero-order valence-corrected chi connectivity index (χ0v) is 9.56. The highest BCUT2D eigenvalue weighted by Crippen LogP contribution is 2.32. The predicted octanol–water partition coefficient (Wildman–Crippen LogP) is 4.51. The molecule has 0 amide bonds. The quantitative estimate of drug-likeness (QED) is 0.797. The van der Waals surface area contributed by atoms with Crippen molar-refractivity contribution in [3.05, 3.63) is 52.3 Å².